The molecule has 2 aromatic carbocycles. The summed E-state index contributed by atoms with van der Waals surface area (Å²) in [5.41, 5.74) is 0.558. The van der Waals surface area contributed by atoms with Crippen molar-refractivity contribution in [1.82, 2.24) is 4.57 Å². The van der Waals surface area contributed by atoms with Crippen LogP contribution in [0.2, 0.25) is 5.02 Å². The Morgan fingerprint density at radius 2 is 2.06 bits per heavy atom. The minimum Gasteiger partial charge on any atom is -0.463 e. The number of esters is 1. The van der Waals surface area contributed by atoms with E-state index in [1.165, 1.54) is 22.8 Å². The second-order valence-electron chi connectivity index (χ2n) is 7.85. The minimum absolute atomic E-state index is 0.0497. The lowest BCUT2D eigenvalue weighted by atomic mass is 9.96. The first-order valence-electron chi connectivity index (χ1n) is 10.8. The molecule has 36 heavy (non-hydrogen) atoms. The quantitative estimate of drug-likeness (QED) is 0.284. The number of benzene rings is 2. The van der Waals surface area contributed by atoms with Crippen molar-refractivity contribution in [3.8, 4) is 11.5 Å². The first kappa shape index (κ1) is 23.8. The molecule has 0 radical (unpaired) electrons. The molecule has 12 heteroatoms. The SMILES string of the molecule is CCOC(=O)C1=C(C)N=c2s/c(=C\c3cc4c(cc3[N+](=O)[O-])OCO4)c(=O)n2C1c1ccccc1Cl. The average Bonchev–Trinajstić information content (AvgIpc) is 3.42. The largest absolute Gasteiger partial charge is 0.463 e. The Morgan fingerprint density at radius 3 is 2.75 bits per heavy atom. The molecule has 0 N–H and O–H groups in total. The fourth-order valence-electron chi connectivity index (χ4n) is 4.14. The van der Waals surface area contributed by atoms with Gasteiger partial charge in [-0.25, -0.2) is 9.79 Å². The van der Waals surface area contributed by atoms with E-state index in [9.17, 15) is 19.7 Å². The van der Waals surface area contributed by atoms with E-state index in [4.69, 9.17) is 25.8 Å². The van der Waals surface area contributed by atoms with Gasteiger partial charge in [0.15, 0.2) is 16.3 Å². The molecule has 2 aliphatic heterocycles. The Hall–Kier alpha value is -3.96. The summed E-state index contributed by atoms with van der Waals surface area (Å²) in [5, 5.41) is 12.1. The fourth-order valence-corrected chi connectivity index (χ4v) is 5.42. The number of nitrogens with zero attached hydrogens (tertiary/aromatic N) is 3. The number of fused-ring (bicyclic) bond motifs is 2. The van der Waals surface area contributed by atoms with Crippen molar-refractivity contribution in [3.05, 3.63) is 93.6 Å². The highest BCUT2D eigenvalue weighted by Crippen LogP contribution is 2.38. The van der Waals surface area contributed by atoms with Crippen molar-refractivity contribution >= 4 is 40.7 Å². The molecular weight excluding hydrogens is 510 g/mol. The predicted octanol–water partition coefficient (Wildman–Crippen LogP) is 3.09. The van der Waals surface area contributed by atoms with Gasteiger partial charge in [0.25, 0.3) is 11.2 Å². The average molecular weight is 528 g/mol. The molecule has 1 aromatic heterocycles. The molecule has 10 nitrogen and oxygen atoms in total. The van der Waals surface area contributed by atoms with Crippen molar-refractivity contribution < 1.29 is 23.9 Å². The zero-order chi connectivity index (χ0) is 25.6. The molecule has 0 bridgehead atoms. The molecule has 0 amide bonds. The molecule has 0 saturated carbocycles. The zero-order valence-corrected chi connectivity index (χ0v) is 20.6. The number of carbonyl (C=O) groups excluding carboxylic acids is 1. The Labute approximate surface area is 212 Å². The van der Waals surface area contributed by atoms with Gasteiger partial charge in [-0.1, -0.05) is 41.1 Å². The number of aromatic nitrogens is 1. The molecular formula is C24H18ClN3O7S. The highest BCUT2D eigenvalue weighted by Gasteiger charge is 2.34. The number of ether oxygens (including phenoxy) is 3. The molecule has 0 saturated heterocycles. The highest BCUT2D eigenvalue weighted by molar-refractivity contribution is 7.07. The van der Waals surface area contributed by atoms with Crippen LogP contribution >= 0.6 is 22.9 Å². The summed E-state index contributed by atoms with van der Waals surface area (Å²) in [4.78, 5) is 42.6. The van der Waals surface area contributed by atoms with Gasteiger partial charge >= 0.3 is 5.97 Å². The number of hydrogen-bond donors (Lipinski definition) is 0. The van der Waals surface area contributed by atoms with Crippen LogP contribution in [0.4, 0.5) is 5.69 Å². The Morgan fingerprint density at radius 1 is 1.33 bits per heavy atom. The van der Waals surface area contributed by atoms with Crippen LogP contribution in [0.1, 0.15) is 31.0 Å². The molecule has 184 valence electrons. The van der Waals surface area contributed by atoms with E-state index in [0.717, 1.165) is 11.3 Å². The van der Waals surface area contributed by atoms with Crippen LogP contribution in [0.3, 0.4) is 0 Å². The molecule has 5 rings (SSSR count). The fraction of sp³-hybridized carbons (Fsp3) is 0.208. The number of allylic oxidation sites excluding steroid dienone is 1. The lowest BCUT2D eigenvalue weighted by Crippen LogP contribution is -2.40. The van der Waals surface area contributed by atoms with E-state index in [-0.39, 0.29) is 40.5 Å². The van der Waals surface area contributed by atoms with Crippen molar-refractivity contribution in [2.45, 2.75) is 19.9 Å². The van der Waals surface area contributed by atoms with Gasteiger partial charge in [0.1, 0.15) is 6.04 Å². The number of hydrogen-bond acceptors (Lipinski definition) is 9. The maximum atomic E-state index is 13.7. The molecule has 0 aliphatic carbocycles. The van der Waals surface area contributed by atoms with Crippen LogP contribution in [-0.4, -0.2) is 28.9 Å². The summed E-state index contributed by atoms with van der Waals surface area (Å²) in [6.07, 6.45) is 1.41. The van der Waals surface area contributed by atoms with E-state index in [2.05, 4.69) is 4.99 Å². The number of carbonyl (C=O) groups is 1. The molecule has 2 aliphatic rings. The first-order valence-corrected chi connectivity index (χ1v) is 12.0. The lowest BCUT2D eigenvalue weighted by Gasteiger charge is -2.25. The third kappa shape index (κ3) is 3.95. The molecule has 0 spiro atoms. The topological polar surface area (TPSA) is 122 Å². The van der Waals surface area contributed by atoms with Gasteiger partial charge in [-0.15, -0.1) is 0 Å². The summed E-state index contributed by atoms with van der Waals surface area (Å²) in [7, 11) is 0. The standard InChI is InChI=1S/C24H18ClN3O7S/c1-3-33-23(30)20-12(2)26-24-27(21(20)14-6-4-5-7-15(14)25)22(29)19(36-24)9-13-8-17-18(35-11-34-17)10-16(13)28(31)32/h4-10,21H,3,11H2,1-2H3/b19-9-. The van der Waals surface area contributed by atoms with Crippen LogP contribution in [0.5, 0.6) is 11.5 Å². The maximum absolute atomic E-state index is 13.7. The van der Waals surface area contributed by atoms with Gasteiger partial charge in [0.05, 0.1) is 39.0 Å². The van der Waals surface area contributed by atoms with E-state index < -0.39 is 22.5 Å². The number of nitro benzene ring substituents is 1. The van der Waals surface area contributed by atoms with E-state index in [1.54, 1.807) is 38.1 Å². The van der Waals surface area contributed by atoms with Crippen LogP contribution in [0.25, 0.3) is 6.08 Å². The van der Waals surface area contributed by atoms with Gasteiger partial charge in [0.2, 0.25) is 6.79 Å². The van der Waals surface area contributed by atoms with Gasteiger partial charge < -0.3 is 14.2 Å². The monoisotopic (exact) mass is 527 g/mol. The third-order valence-electron chi connectivity index (χ3n) is 5.72. The first-order chi connectivity index (χ1) is 17.3. The number of nitro groups is 1. The summed E-state index contributed by atoms with van der Waals surface area (Å²) in [5.74, 6) is -0.00731. The van der Waals surface area contributed by atoms with Crippen LogP contribution in [0, 0.1) is 10.1 Å². The second-order valence-corrected chi connectivity index (χ2v) is 9.26. The zero-order valence-electron chi connectivity index (χ0n) is 19.0. The minimum atomic E-state index is -0.886. The summed E-state index contributed by atoms with van der Waals surface area (Å²) >= 11 is 7.54. The smallest absolute Gasteiger partial charge is 0.338 e. The van der Waals surface area contributed by atoms with Crippen LogP contribution in [0.15, 0.2) is 57.5 Å². The van der Waals surface area contributed by atoms with Crippen molar-refractivity contribution in [3.63, 3.8) is 0 Å². The molecule has 0 fully saturated rings. The predicted molar refractivity (Wildman–Crippen MR) is 131 cm³/mol. The van der Waals surface area contributed by atoms with E-state index in [1.807, 2.05) is 0 Å². The van der Waals surface area contributed by atoms with Crippen molar-refractivity contribution in [2.24, 2.45) is 4.99 Å². The summed E-state index contributed by atoms with van der Waals surface area (Å²) in [6, 6.07) is 8.73. The normalized spacial score (nSPS) is 16.5. The summed E-state index contributed by atoms with van der Waals surface area (Å²) < 4.78 is 17.4. The van der Waals surface area contributed by atoms with Crippen LogP contribution < -0.4 is 24.4 Å². The highest BCUT2D eigenvalue weighted by atomic mass is 35.5. The molecule has 3 heterocycles. The van der Waals surface area contributed by atoms with Crippen molar-refractivity contribution in [2.75, 3.05) is 13.4 Å². The second kappa shape index (κ2) is 9.25. The molecule has 1 atom stereocenters. The number of thiazole rings is 1. The van der Waals surface area contributed by atoms with Gasteiger partial charge in [-0.05, 0) is 37.6 Å². The van der Waals surface area contributed by atoms with Gasteiger partial charge in [-0.3, -0.25) is 19.5 Å². The summed E-state index contributed by atoms with van der Waals surface area (Å²) in [6.45, 7) is 3.44. The lowest BCUT2D eigenvalue weighted by molar-refractivity contribution is -0.385. The van der Waals surface area contributed by atoms with Crippen LogP contribution in [-0.2, 0) is 9.53 Å². The van der Waals surface area contributed by atoms with E-state index in [0.29, 0.717) is 26.8 Å². The molecule has 1 unspecified atom stereocenters. The Bertz CT molecular complexity index is 1640. The molecule has 3 aromatic rings. The number of halogens is 1. The van der Waals surface area contributed by atoms with E-state index >= 15 is 0 Å². The maximum Gasteiger partial charge on any atom is 0.338 e. The Balaban J connectivity index is 1.75. The van der Waals surface area contributed by atoms with Gasteiger partial charge in [-0.2, -0.15) is 0 Å². The van der Waals surface area contributed by atoms with Gasteiger partial charge in [0, 0.05) is 5.02 Å². The third-order valence-corrected chi connectivity index (χ3v) is 7.05. The van der Waals surface area contributed by atoms with Crippen molar-refractivity contribution in [1.29, 1.82) is 0 Å². The number of rotatable bonds is 5. The Kier molecular flexibility index (Phi) is 6.10.